The third-order valence-electron chi connectivity index (χ3n) is 5.19. The van der Waals surface area contributed by atoms with E-state index in [0.29, 0.717) is 30.5 Å². The SMILES string of the molecule is CC1c2cc(F)cc(F)c2CCN1C(=O)C[C@@H]1CCC[C@H]1N.Cl. The summed E-state index contributed by atoms with van der Waals surface area (Å²) in [5, 5.41) is 0. The van der Waals surface area contributed by atoms with E-state index >= 15 is 0 Å². The van der Waals surface area contributed by atoms with Crippen molar-refractivity contribution < 1.29 is 13.6 Å². The summed E-state index contributed by atoms with van der Waals surface area (Å²) in [5.74, 6) is -0.808. The third kappa shape index (κ3) is 3.50. The Bertz CT molecular complexity index is 596. The molecule has 0 saturated heterocycles. The molecule has 1 unspecified atom stereocenters. The number of amides is 1. The largest absolute Gasteiger partial charge is 0.336 e. The lowest BCUT2D eigenvalue weighted by Gasteiger charge is -2.36. The zero-order valence-corrected chi connectivity index (χ0v) is 14.0. The first-order chi connectivity index (χ1) is 10.5. The van der Waals surface area contributed by atoms with E-state index in [9.17, 15) is 13.6 Å². The molecule has 1 aromatic carbocycles. The second-order valence-electron chi connectivity index (χ2n) is 6.53. The van der Waals surface area contributed by atoms with Gasteiger partial charge < -0.3 is 10.6 Å². The first-order valence-electron chi connectivity index (χ1n) is 8.00. The van der Waals surface area contributed by atoms with Crippen LogP contribution in [0.5, 0.6) is 0 Å². The highest BCUT2D eigenvalue weighted by atomic mass is 35.5. The lowest BCUT2D eigenvalue weighted by atomic mass is 9.91. The number of carbonyl (C=O) groups is 1. The summed E-state index contributed by atoms with van der Waals surface area (Å²) in [6.45, 7) is 2.32. The van der Waals surface area contributed by atoms with Gasteiger partial charge in [-0.15, -0.1) is 12.4 Å². The summed E-state index contributed by atoms with van der Waals surface area (Å²) in [6.07, 6.45) is 3.93. The maximum atomic E-state index is 13.9. The topological polar surface area (TPSA) is 46.3 Å². The molecule has 1 fully saturated rings. The van der Waals surface area contributed by atoms with Crippen molar-refractivity contribution in [3.05, 3.63) is 34.9 Å². The van der Waals surface area contributed by atoms with Crippen molar-refractivity contribution in [2.24, 2.45) is 11.7 Å². The molecule has 3 nitrogen and oxygen atoms in total. The minimum atomic E-state index is -0.588. The normalized spacial score (nSPS) is 26.6. The average molecular weight is 345 g/mol. The fourth-order valence-electron chi connectivity index (χ4n) is 3.85. The number of benzene rings is 1. The first-order valence-corrected chi connectivity index (χ1v) is 8.00. The van der Waals surface area contributed by atoms with Crippen molar-refractivity contribution >= 4 is 18.3 Å². The molecule has 1 amide bonds. The molecular formula is C17H23ClF2N2O. The Labute approximate surface area is 141 Å². The van der Waals surface area contributed by atoms with Gasteiger partial charge in [-0.1, -0.05) is 6.42 Å². The van der Waals surface area contributed by atoms with Crippen molar-refractivity contribution in [1.29, 1.82) is 0 Å². The number of halogens is 3. The quantitative estimate of drug-likeness (QED) is 0.894. The van der Waals surface area contributed by atoms with Crippen molar-refractivity contribution in [3.8, 4) is 0 Å². The zero-order chi connectivity index (χ0) is 15.9. The highest BCUT2D eigenvalue weighted by Gasteiger charge is 2.33. The van der Waals surface area contributed by atoms with Gasteiger partial charge in [0.2, 0.25) is 5.91 Å². The van der Waals surface area contributed by atoms with E-state index in [2.05, 4.69) is 0 Å². The summed E-state index contributed by atoms with van der Waals surface area (Å²) < 4.78 is 27.3. The molecule has 2 aliphatic rings. The second-order valence-corrected chi connectivity index (χ2v) is 6.53. The summed E-state index contributed by atoms with van der Waals surface area (Å²) >= 11 is 0. The van der Waals surface area contributed by atoms with Gasteiger partial charge in [0.25, 0.3) is 0 Å². The lowest BCUT2D eigenvalue weighted by Crippen LogP contribution is -2.41. The zero-order valence-electron chi connectivity index (χ0n) is 13.2. The van der Waals surface area contributed by atoms with Crippen LogP contribution in [-0.4, -0.2) is 23.4 Å². The van der Waals surface area contributed by atoms with Gasteiger partial charge in [-0.3, -0.25) is 4.79 Å². The van der Waals surface area contributed by atoms with Crippen LogP contribution in [0.3, 0.4) is 0 Å². The van der Waals surface area contributed by atoms with Crippen LogP contribution in [0, 0.1) is 17.6 Å². The Balaban J connectivity index is 0.00000192. The van der Waals surface area contributed by atoms with E-state index in [-0.39, 0.29) is 36.3 Å². The van der Waals surface area contributed by atoms with Crippen LogP contribution in [0.1, 0.15) is 49.8 Å². The van der Waals surface area contributed by atoms with Crippen molar-refractivity contribution in [2.45, 2.75) is 51.1 Å². The van der Waals surface area contributed by atoms with Gasteiger partial charge in [0.05, 0.1) is 6.04 Å². The molecule has 0 bridgehead atoms. The minimum absolute atomic E-state index is 0. The predicted octanol–water partition coefficient (Wildman–Crippen LogP) is 3.35. The number of nitrogens with two attached hydrogens (primary N) is 1. The van der Waals surface area contributed by atoms with Gasteiger partial charge in [-0.2, -0.15) is 0 Å². The van der Waals surface area contributed by atoms with E-state index in [4.69, 9.17) is 5.73 Å². The summed E-state index contributed by atoms with van der Waals surface area (Å²) in [5.41, 5.74) is 7.17. The van der Waals surface area contributed by atoms with E-state index in [1.165, 1.54) is 6.07 Å². The minimum Gasteiger partial charge on any atom is -0.336 e. The molecule has 23 heavy (non-hydrogen) atoms. The van der Waals surface area contributed by atoms with Crippen LogP contribution in [0.2, 0.25) is 0 Å². The Kier molecular flexibility index (Phi) is 5.63. The van der Waals surface area contributed by atoms with Gasteiger partial charge in [-0.25, -0.2) is 8.78 Å². The summed E-state index contributed by atoms with van der Waals surface area (Å²) in [4.78, 5) is 14.3. The van der Waals surface area contributed by atoms with Crippen LogP contribution < -0.4 is 5.73 Å². The summed E-state index contributed by atoms with van der Waals surface area (Å²) in [6, 6.07) is 2.08. The van der Waals surface area contributed by atoms with Gasteiger partial charge >= 0.3 is 0 Å². The number of hydrogen-bond acceptors (Lipinski definition) is 2. The molecule has 1 saturated carbocycles. The van der Waals surface area contributed by atoms with Crippen molar-refractivity contribution in [1.82, 2.24) is 4.90 Å². The Morgan fingerprint density at radius 2 is 2.09 bits per heavy atom. The molecule has 3 atom stereocenters. The smallest absolute Gasteiger partial charge is 0.223 e. The van der Waals surface area contributed by atoms with Crippen LogP contribution in [0.25, 0.3) is 0 Å². The molecule has 6 heteroatoms. The average Bonchev–Trinajstić information content (AvgIpc) is 2.85. The first kappa shape index (κ1) is 18.1. The maximum Gasteiger partial charge on any atom is 0.223 e. The van der Waals surface area contributed by atoms with Crippen LogP contribution >= 0.6 is 12.4 Å². The van der Waals surface area contributed by atoms with Crippen LogP contribution in [0.15, 0.2) is 12.1 Å². The number of rotatable bonds is 2. The molecular weight excluding hydrogens is 322 g/mol. The summed E-state index contributed by atoms with van der Waals surface area (Å²) in [7, 11) is 0. The maximum absolute atomic E-state index is 13.9. The lowest BCUT2D eigenvalue weighted by molar-refractivity contribution is -0.134. The van der Waals surface area contributed by atoms with E-state index < -0.39 is 11.6 Å². The van der Waals surface area contributed by atoms with E-state index in [1.54, 1.807) is 4.90 Å². The van der Waals surface area contributed by atoms with Gasteiger partial charge in [0, 0.05) is 25.1 Å². The Morgan fingerprint density at radius 1 is 1.35 bits per heavy atom. The standard InChI is InChI=1S/C17H22F2N2O.ClH/c1-10-14-8-12(18)9-15(19)13(14)5-6-21(10)17(22)7-11-3-2-4-16(11)20;/h8-11,16H,2-7,20H2,1H3;1H/t10?,11-,16+;/m0./s1. The molecule has 3 rings (SSSR count). The molecule has 1 aliphatic carbocycles. The van der Waals surface area contributed by atoms with Crippen LogP contribution in [-0.2, 0) is 11.2 Å². The fraction of sp³-hybridized carbons (Fsp3) is 0.588. The second kappa shape index (κ2) is 7.14. The van der Waals surface area contributed by atoms with E-state index in [1.807, 2.05) is 6.92 Å². The van der Waals surface area contributed by atoms with Gasteiger partial charge in [-0.05, 0) is 49.3 Å². The van der Waals surface area contributed by atoms with Gasteiger partial charge in [0.15, 0.2) is 0 Å². The van der Waals surface area contributed by atoms with Gasteiger partial charge in [0.1, 0.15) is 11.6 Å². The molecule has 128 valence electrons. The highest BCUT2D eigenvalue weighted by molar-refractivity contribution is 5.85. The predicted molar refractivity (Wildman–Crippen MR) is 87.4 cm³/mol. The number of carbonyl (C=O) groups excluding carboxylic acids is 1. The Morgan fingerprint density at radius 3 is 2.74 bits per heavy atom. The number of nitrogens with zero attached hydrogens (tertiary/aromatic N) is 1. The van der Waals surface area contributed by atoms with Crippen molar-refractivity contribution in [2.75, 3.05) is 6.54 Å². The highest BCUT2D eigenvalue weighted by Crippen LogP contribution is 2.34. The molecule has 1 aliphatic heterocycles. The number of fused-ring (bicyclic) bond motifs is 1. The molecule has 0 spiro atoms. The fourth-order valence-corrected chi connectivity index (χ4v) is 3.85. The molecule has 1 heterocycles. The van der Waals surface area contributed by atoms with E-state index in [0.717, 1.165) is 25.3 Å². The van der Waals surface area contributed by atoms with Crippen LogP contribution in [0.4, 0.5) is 8.78 Å². The monoisotopic (exact) mass is 344 g/mol. The molecule has 1 aromatic rings. The molecule has 0 aromatic heterocycles. The molecule has 2 N–H and O–H groups in total. The third-order valence-corrected chi connectivity index (χ3v) is 5.19. The number of hydrogen-bond donors (Lipinski definition) is 1. The van der Waals surface area contributed by atoms with Crippen molar-refractivity contribution in [3.63, 3.8) is 0 Å². The molecule has 0 radical (unpaired) electrons. The Hall–Kier alpha value is -1.20.